The van der Waals surface area contributed by atoms with Gasteiger partial charge < -0.3 is 9.64 Å². The van der Waals surface area contributed by atoms with Crippen molar-refractivity contribution in [1.82, 2.24) is 9.80 Å². The molecule has 1 heterocycles. The van der Waals surface area contributed by atoms with Gasteiger partial charge in [0.25, 0.3) is 0 Å². The molecule has 206 valence electrons. The standard InChI is InChI=1S/C34H34Cl2N2O2/c35-30-16-12-28(13-17-30)33(29-14-18-31(36)19-15-29)40-25-7-20-37-21-23-38(24-22-37)34(39)32(26-8-3-1-4-9-26)27-10-5-2-6-11-27/h1-6,8-19,32-33H,7,20-25H2. The van der Waals surface area contributed by atoms with Crippen LogP contribution in [0.15, 0.2) is 109 Å². The van der Waals surface area contributed by atoms with Crippen molar-refractivity contribution in [2.24, 2.45) is 0 Å². The van der Waals surface area contributed by atoms with Gasteiger partial charge in [0.2, 0.25) is 5.91 Å². The van der Waals surface area contributed by atoms with Gasteiger partial charge in [0.1, 0.15) is 6.10 Å². The Kier molecular flexibility index (Phi) is 9.90. The number of rotatable bonds is 10. The first-order valence-corrected chi connectivity index (χ1v) is 14.6. The molecule has 5 rings (SSSR count). The van der Waals surface area contributed by atoms with Crippen LogP contribution in [0.4, 0.5) is 0 Å². The van der Waals surface area contributed by atoms with E-state index >= 15 is 0 Å². The zero-order chi connectivity index (χ0) is 27.7. The summed E-state index contributed by atoms with van der Waals surface area (Å²) in [6.45, 7) is 4.73. The highest BCUT2D eigenvalue weighted by molar-refractivity contribution is 6.30. The smallest absolute Gasteiger partial charge is 0.234 e. The number of carbonyl (C=O) groups excluding carboxylic acids is 1. The Morgan fingerprint density at radius 3 is 1.60 bits per heavy atom. The summed E-state index contributed by atoms with van der Waals surface area (Å²) >= 11 is 12.2. The van der Waals surface area contributed by atoms with Crippen LogP contribution in [-0.4, -0.2) is 55.0 Å². The molecule has 4 aromatic rings. The van der Waals surface area contributed by atoms with Crippen LogP contribution in [0.2, 0.25) is 10.0 Å². The Morgan fingerprint density at radius 2 is 1.12 bits per heavy atom. The lowest BCUT2D eigenvalue weighted by atomic mass is 9.90. The molecule has 1 amide bonds. The van der Waals surface area contributed by atoms with Crippen molar-refractivity contribution in [3.05, 3.63) is 141 Å². The van der Waals surface area contributed by atoms with E-state index in [-0.39, 0.29) is 17.9 Å². The van der Waals surface area contributed by atoms with Crippen molar-refractivity contribution in [2.75, 3.05) is 39.3 Å². The molecular formula is C34H34Cl2N2O2. The number of halogens is 2. The highest BCUT2D eigenvalue weighted by atomic mass is 35.5. The molecule has 1 saturated heterocycles. The molecule has 0 bridgehead atoms. The average Bonchev–Trinajstić information content (AvgIpc) is 3.00. The molecular weight excluding hydrogens is 539 g/mol. The third-order valence-corrected chi connectivity index (χ3v) is 7.95. The van der Waals surface area contributed by atoms with Gasteiger partial charge in [-0.25, -0.2) is 0 Å². The van der Waals surface area contributed by atoms with Crippen LogP contribution >= 0.6 is 23.2 Å². The van der Waals surface area contributed by atoms with E-state index in [1.54, 1.807) is 0 Å². The molecule has 0 N–H and O–H groups in total. The van der Waals surface area contributed by atoms with Crippen molar-refractivity contribution >= 4 is 29.1 Å². The Balaban J connectivity index is 1.14. The number of ether oxygens (including phenoxy) is 1. The lowest BCUT2D eigenvalue weighted by Crippen LogP contribution is -2.50. The number of amides is 1. The normalized spacial score (nSPS) is 14.2. The maximum atomic E-state index is 13.7. The summed E-state index contributed by atoms with van der Waals surface area (Å²) in [6.07, 6.45) is 0.722. The number of piperazine rings is 1. The molecule has 1 fully saturated rings. The van der Waals surface area contributed by atoms with Crippen molar-refractivity contribution in [2.45, 2.75) is 18.4 Å². The quantitative estimate of drug-likeness (QED) is 0.185. The van der Waals surface area contributed by atoms with Gasteiger partial charge in [-0.1, -0.05) is 108 Å². The van der Waals surface area contributed by atoms with E-state index in [4.69, 9.17) is 27.9 Å². The summed E-state index contributed by atoms with van der Waals surface area (Å²) in [4.78, 5) is 18.2. The van der Waals surface area contributed by atoms with E-state index in [1.165, 1.54) is 0 Å². The highest BCUT2D eigenvalue weighted by Crippen LogP contribution is 2.29. The van der Waals surface area contributed by atoms with Crippen LogP contribution in [0.3, 0.4) is 0 Å². The molecule has 0 unspecified atom stereocenters. The third-order valence-electron chi connectivity index (χ3n) is 7.45. The Bertz CT molecular complexity index is 1260. The summed E-state index contributed by atoms with van der Waals surface area (Å²) in [5.74, 6) is -0.103. The molecule has 0 spiro atoms. The second kappa shape index (κ2) is 14.0. The number of nitrogens with zero attached hydrogens (tertiary/aromatic N) is 2. The molecule has 4 aromatic carbocycles. The highest BCUT2D eigenvalue weighted by Gasteiger charge is 2.29. The lowest BCUT2D eigenvalue weighted by Gasteiger charge is -2.36. The summed E-state index contributed by atoms with van der Waals surface area (Å²) < 4.78 is 6.40. The molecule has 0 aliphatic carbocycles. The Labute approximate surface area is 247 Å². The minimum atomic E-state index is -0.278. The van der Waals surface area contributed by atoms with Gasteiger partial charge in [0.05, 0.1) is 5.92 Å². The fraction of sp³-hybridized carbons (Fsp3) is 0.265. The van der Waals surface area contributed by atoms with Crippen molar-refractivity contribution in [3.63, 3.8) is 0 Å². The number of carbonyl (C=O) groups is 1. The molecule has 6 heteroatoms. The minimum absolute atomic E-state index is 0.175. The fourth-order valence-electron chi connectivity index (χ4n) is 5.29. The summed E-state index contributed by atoms with van der Waals surface area (Å²) in [5, 5.41) is 1.41. The van der Waals surface area contributed by atoms with E-state index in [2.05, 4.69) is 4.90 Å². The monoisotopic (exact) mass is 572 g/mol. The molecule has 0 radical (unpaired) electrons. The largest absolute Gasteiger partial charge is 0.369 e. The average molecular weight is 574 g/mol. The number of hydrogen-bond donors (Lipinski definition) is 0. The van der Waals surface area contributed by atoms with Crippen LogP contribution in [0.5, 0.6) is 0 Å². The zero-order valence-corrected chi connectivity index (χ0v) is 24.0. The SMILES string of the molecule is O=C(C(c1ccccc1)c1ccccc1)N1CCN(CCCOC(c2ccc(Cl)cc2)c2ccc(Cl)cc2)CC1. The number of hydrogen-bond acceptors (Lipinski definition) is 3. The van der Waals surface area contributed by atoms with E-state index in [9.17, 15) is 4.79 Å². The van der Waals surface area contributed by atoms with Gasteiger partial charge in [-0.3, -0.25) is 9.69 Å². The van der Waals surface area contributed by atoms with Crippen LogP contribution in [0.1, 0.15) is 40.7 Å². The van der Waals surface area contributed by atoms with Gasteiger partial charge in [0.15, 0.2) is 0 Å². The molecule has 1 aliphatic rings. The second-order valence-electron chi connectivity index (χ2n) is 10.1. The molecule has 0 atom stereocenters. The second-order valence-corrected chi connectivity index (χ2v) is 11.0. The van der Waals surface area contributed by atoms with Gasteiger partial charge >= 0.3 is 0 Å². The molecule has 0 saturated carbocycles. The van der Waals surface area contributed by atoms with E-state index in [1.807, 2.05) is 114 Å². The summed E-state index contributed by atoms with van der Waals surface area (Å²) in [5.41, 5.74) is 4.19. The molecule has 4 nitrogen and oxygen atoms in total. The van der Waals surface area contributed by atoms with Crippen molar-refractivity contribution < 1.29 is 9.53 Å². The third kappa shape index (κ3) is 7.32. The van der Waals surface area contributed by atoms with Crippen LogP contribution < -0.4 is 0 Å². The van der Waals surface area contributed by atoms with Crippen molar-refractivity contribution in [1.29, 1.82) is 0 Å². The van der Waals surface area contributed by atoms with Gasteiger partial charge in [0, 0.05) is 49.4 Å². The Morgan fingerprint density at radius 1 is 0.650 bits per heavy atom. The first kappa shape index (κ1) is 28.4. The topological polar surface area (TPSA) is 32.8 Å². The van der Waals surface area contributed by atoms with E-state index in [0.29, 0.717) is 16.7 Å². The lowest BCUT2D eigenvalue weighted by molar-refractivity contribution is -0.133. The van der Waals surface area contributed by atoms with E-state index < -0.39 is 0 Å². The fourth-order valence-corrected chi connectivity index (χ4v) is 5.54. The van der Waals surface area contributed by atoms with Gasteiger partial charge in [-0.15, -0.1) is 0 Å². The van der Waals surface area contributed by atoms with Crippen LogP contribution in [0.25, 0.3) is 0 Å². The molecule has 1 aliphatic heterocycles. The first-order chi connectivity index (χ1) is 19.6. The predicted octanol–water partition coefficient (Wildman–Crippen LogP) is 7.47. The maximum absolute atomic E-state index is 13.7. The van der Waals surface area contributed by atoms with Gasteiger partial charge in [-0.05, 0) is 52.9 Å². The maximum Gasteiger partial charge on any atom is 0.234 e. The minimum Gasteiger partial charge on any atom is -0.369 e. The predicted molar refractivity (Wildman–Crippen MR) is 163 cm³/mol. The first-order valence-electron chi connectivity index (χ1n) is 13.8. The number of benzene rings is 4. The van der Waals surface area contributed by atoms with Crippen LogP contribution in [0, 0.1) is 0 Å². The summed E-state index contributed by atoms with van der Waals surface area (Å²) in [7, 11) is 0. The van der Waals surface area contributed by atoms with E-state index in [0.717, 1.165) is 61.4 Å². The van der Waals surface area contributed by atoms with Crippen LogP contribution in [-0.2, 0) is 9.53 Å². The van der Waals surface area contributed by atoms with Crippen molar-refractivity contribution in [3.8, 4) is 0 Å². The Hall–Kier alpha value is -3.15. The molecule has 40 heavy (non-hydrogen) atoms. The summed E-state index contributed by atoms with van der Waals surface area (Å²) in [6, 6.07) is 35.8. The zero-order valence-electron chi connectivity index (χ0n) is 22.5. The van der Waals surface area contributed by atoms with Gasteiger partial charge in [-0.2, -0.15) is 0 Å². The molecule has 0 aromatic heterocycles.